The molecule has 0 saturated carbocycles. The van der Waals surface area contributed by atoms with E-state index in [4.69, 9.17) is 23.9 Å². The first-order chi connectivity index (χ1) is 7.83. The summed E-state index contributed by atoms with van der Waals surface area (Å²) in [6, 6.07) is 9.51. The minimum Gasteiger partial charge on any atom is -0.458 e. The van der Waals surface area contributed by atoms with E-state index in [1.54, 1.807) is 0 Å². The Labute approximate surface area is 99.5 Å². The van der Waals surface area contributed by atoms with E-state index in [0.29, 0.717) is 6.61 Å². The van der Waals surface area contributed by atoms with Gasteiger partial charge in [0.05, 0.1) is 0 Å². The van der Waals surface area contributed by atoms with Crippen molar-refractivity contribution in [3.63, 3.8) is 0 Å². The molecule has 0 heterocycles. The Morgan fingerprint density at radius 2 is 1.71 bits per heavy atom. The van der Waals surface area contributed by atoms with Crippen LogP contribution >= 0.6 is 0 Å². The standard InChI is InChI=1S/C10H10O2.H4O4Si/c1-2-10(11)12-8-9-6-4-3-5-7-9;1-5(2,3)4/h2-7H,1,8H2;1-4H. The summed E-state index contributed by atoms with van der Waals surface area (Å²) in [4.78, 5) is 40.0. The molecule has 0 aromatic heterocycles. The van der Waals surface area contributed by atoms with Crippen molar-refractivity contribution >= 4 is 15.0 Å². The molecule has 0 aliphatic heterocycles. The maximum absolute atomic E-state index is 10.6. The smallest absolute Gasteiger partial charge is 0.458 e. The molecule has 1 aromatic carbocycles. The van der Waals surface area contributed by atoms with E-state index in [2.05, 4.69) is 6.58 Å². The molecule has 0 aliphatic carbocycles. The van der Waals surface area contributed by atoms with Crippen molar-refractivity contribution in [2.45, 2.75) is 6.61 Å². The molecule has 0 amide bonds. The van der Waals surface area contributed by atoms with E-state index in [0.717, 1.165) is 11.6 Å². The molecule has 0 saturated heterocycles. The normalized spacial score (nSPS) is 9.88. The van der Waals surface area contributed by atoms with Crippen LogP contribution in [0.1, 0.15) is 5.56 Å². The maximum Gasteiger partial charge on any atom is 0.668 e. The highest BCUT2D eigenvalue weighted by molar-refractivity contribution is 6.46. The van der Waals surface area contributed by atoms with Gasteiger partial charge in [0, 0.05) is 6.08 Å². The summed E-state index contributed by atoms with van der Waals surface area (Å²) in [5, 5.41) is 0. The van der Waals surface area contributed by atoms with E-state index in [1.807, 2.05) is 30.3 Å². The van der Waals surface area contributed by atoms with Crippen molar-refractivity contribution in [3.8, 4) is 0 Å². The predicted octanol–water partition coefficient (Wildman–Crippen LogP) is -0.693. The maximum atomic E-state index is 10.6. The summed E-state index contributed by atoms with van der Waals surface area (Å²) in [6.07, 6.45) is 1.16. The zero-order valence-electron chi connectivity index (χ0n) is 8.98. The van der Waals surface area contributed by atoms with Gasteiger partial charge in [-0.3, -0.25) is 0 Å². The lowest BCUT2D eigenvalue weighted by Crippen LogP contribution is -2.33. The van der Waals surface area contributed by atoms with Crippen LogP contribution in [0.15, 0.2) is 43.0 Å². The van der Waals surface area contributed by atoms with Crippen LogP contribution in [0.25, 0.3) is 0 Å². The highest BCUT2D eigenvalue weighted by Gasteiger charge is 2.22. The van der Waals surface area contributed by atoms with Gasteiger partial charge in [-0.2, -0.15) is 0 Å². The first-order valence-electron chi connectivity index (χ1n) is 4.55. The predicted molar refractivity (Wildman–Crippen MR) is 61.1 cm³/mol. The van der Waals surface area contributed by atoms with E-state index < -0.39 is 9.05 Å². The first kappa shape index (κ1) is 15.5. The molecule has 0 spiro atoms. The second kappa shape index (κ2) is 7.71. The minimum atomic E-state index is -4.61. The third kappa shape index (κ3) is 12.4. The SMILES string of the molecule is C=CC(=O)OCc1ccccc1.O[Si](O)(O)O. The van der Waals surface area contributed by atoms with Gasteiger partial charge in [-0.1, -0.05) is 36.9 Å². The summed E-state index contributed by atoms with van der Waals surface area (Å²) < 4.78 is 4.82. The minimum absolute atomic E-state index is 0.311. The van der Waals surface area contributed by atoms with Crippen LogP contribution in [0.3, 0.4) is 0 Å². The van der Waals surface area contributed by atoms with Crippen molar-refractivity contribution in [1.82, 2.24) is 0 Å². The van der Waals surface area contributed by atoms with Crippen LogP contribution in [-0.4, -0.2) is 34.2 Å². The molecule has 6 nitrogen and oxygen atoms in total. The van der Waals surface area contributed by atoms with Gasteiger partial charge in [0.15, 0.2) is 0 Å². The second-order valence-corrected chi connectivity index (χ2v) is 4.10. The van der Waals surface area contributed by atoms with E-state index >= 15 is 0 Å². The number of ether oxygens (including phenoxy) is 1. The topological polar surface area (TPSA) is 107 Å². The Morgan fingerprint density at radius 3 is 2.12 bits per heavy atom. The molecule has 1 rings (SSSR count). The number of esters is 1. The van der Waals surface area contributed by atoms with Crippen LogP contribution in [0, 0.1) is 0 Å². The number of carbonyl (C=O) groups excluding carboxylic acids is 1. The third-order valence-corrected chi connectivity index (χ3v) is 1.39. The lowest BCUT2D eigenvalue weighted by molar-refractivity contribution is -0.138. The van der Waals surface area contributed by atoms with Gasteiger partial charge in [0.25, 0.3) is 0 Å². The third-order valence-electron chi connectivity index (χ3n) is 1.39. The van der Waals surface area contributed by atoms with Crippen LogP contribution in [-0.2, 0) is 16.1 Å². The molecule has 1 aromatic rings. The molecule has 0 fully saturated rings. The number of rotatable bonds is 3. The Kier molecular flexibility index (Phi) is 7.02. The zero-order chi connectivity index (χ0) is 13.3. The fourth-order valence-corrected chi connectivity index (χ4v) is 0.788. The fourth-order valence-electron chi connectivity index (χ4n) is 0.788. The monoisotopic (exact) mass is 258 g/mol. The summed E-state index contributed by atoms with van der Waals surface area (Å²) in [5.74, 6) is -0.390. The van der Waals surface area contributed by atoms with Gasteiger partial charge in [-0.15, -0.1) is 0 Å². The quantitative estimate of drug-likeness (QED) is 0.325. The van der Waals surface area contributed by atoms with Gasteiger partial charge in [-0.05, 0) is 5.56 Å². The summed E-state index contributed by atoms with van der Waals surface area (Å²) in [6.45, 7) is 3.61. The largest absolute Gasteiger partial charge is 0.668 e. The van der Waals surface area contributed by atoms with Gasteiger partial charge in [-0.25, -0.2) is 4.79 Å². The van der Waals surface area contributed by atoms with Gasteiger partial charge in [0.1, 0.15) is 6.61 Å². The fraction of sp³-hybridized carbons (Fsp3) is 0.100. The molecule has 0 aliphatic rings. The van der Waals surface area contributed by atoms with Gasteiger partial charge >= 0.3 is 15.0 Å². The second-order valence-electron chi connectivity index (χ2n) is 2.90. The Bertz CT molecular complexity index is 340. The molecule has 0 unspecified atom stereocenters. The molecule has 94 valence electrons. The van der Waals surface area contributed by atoms with Crippen molar-refractivity contribution in [3.05, 3.63) is 48.6 Å². The number of hydrogen-bond donors (Lipinski definition) is 4. The molecule has 17 heavy (non-hydrogen) atoms. The van der Waals surface area contributed by atoms with E-state index in [-0.39, 0.29) is 5.97 Å². The van der Waals surface area contributed by atoms with Crippen LogP contribution in [0.2, 0.25) is 0 Å². The average Bonchev–Trinajstić information content (AvgIpc) is 2.25. The summed E-state index contributed by atoms with van der Waals surface area (Å²) in [7, 11) is -4.61. The number of carbonyl (C=O) groups is 1. The lowest BCUT2D eigenvalue weighted by atomic mass is 10.2. The molecule has 4 N–H and O–H groups in total. The molecular formula is C10H14O6Si. The molecular weight excluding hydrogens is 244 g/mol. The molecule has 7 heteroatoms. The van der Waals surface area contributed by atoms with Crippen molar-refractivity contribution in [2.24, 2.45) is 0 Å². The van der Waals surface area contributed by atoms with Crippen molar-refractivity contribution in [1.29, 1.82) is 0 Å². The van der Waals surface area contributed by atoms with Gasteiger partial charge in [0.2, 0.25) is 0 Å². The zero-order valence-corrected chi connectivity index (χ0v) is 9.98. The average molecular weight is 258 g/mol. The number of hydrogen-bond acceptors (Lipinski definition) is 6. The lowest BCUT2D eigenvalue weighted by Gasteiger charge is -2.00. The van der Waals surface area contributed by atoms with E-state index in [9.17, 15) is 4.79 Å². The highest BCUT2D eigenvalue weighted by Crippen LogP contribution is 2.00. The molecule has 0 bridgehead atoms. The van der Waals surface area contributed by atoms with Crippen LogP contribution in [0.4, 0.5) is 0 Å². The first-order valence-corrected chi connectivity index (χ1v) is 6.34. The molecule has 0 radical (unpaired) electrons. The summed E-state index contributed by atoms with van der Waals surface area (Å²) in [5.41, 5.74) is 0.979. The van der Waals surface area contributed by atoms with Gasteiger partial charge < -0.3 is 23.9 Å². The van der Waals surface area contributed by atoms with Crippen molar-refractivity contribution < 1.29 is 28.7 Å². The van der Waals surface area contributed by atoms with Crippen LogP contribution in [0.5, 0.6) is 0 Å². The van der Waals surface area contributed by atoms with E-state index in [1.165, 1.54) is 0 Å². The summed E-state index contributed by atoms with van der Waals surface area (Å²) >= 11 is 0. The molecule has 0 atom stereocenters. The highest BCUT2D eigenvalue weighted by atomic mass is 28.4. The van der Waals surface area contributed by atoms with Crippen molar-refractivity contribution in [2.75, 3.05) is 0 Å². The number of benzene rings is 1. The van der Waals surface area contributed by atoms with Crippen LogP contribution < -0.4 is 0 Å². The Hall–Kier alpha value is -1.51. The Morgan fingerprint density at radius 1 is 1.24 bits per heavy atom. The Balaban J connectivity index is 0.000000437.